The number of fused-ring (bicyclic) bond motifs is 2. The van der Waals surface area contributed by atoms with Crippen LogP contribution in [-0.2, 0) is 16.6 Å². The van der Waals surface area contributed by atoms with E-state index in [9.17, 15) is 0 Å². The van der Waals surface area contributed by atoms with Crippen LogP contribution in [-0.4, -0.2) is 17.1 Å². The monoisotopic (exact) mass is 538 g/mol. The molecule has 1 aliphatic carbocycles. The first-order valence-corrected chi connectivity index (χ1v) is 15.0. The summed E-state index contributed by atoms with van der Waals surface area (Å²) in [6, 6.07) is 14.6. The smallest absolute Gasteiger partial charge is 0.402 e. The second-order valence-electron chi connectivity index (χ2n) is 10.8. The number of H-pyrrole nitrogens is 1. The molecular formula is C29H33ClN3OS2+. The third-order valence-corrected chi connectivity index (χ3v) is 10.3. The van der Waals surface area contributed by atoms with Crippen LogP contribution in [0.4, 0.5) is 0 Å². The molecule has 5 rings (SSSR count). The molecule has 2 aromatic carbocycles. The van der Waals surface area contributed by atoms with E-state index in [0.717, 1.165) is 49.7 Å². The summed E-state index contributed by atoms with van der Waals surface area (Å²) in [5.41, 5.74) is 7.51. The van der Waals surface area contributed by atoms with Gasteiger partial charge in [-0.2, -0.15) is 0 Å². The van der Waals surface area contributed by atoms with Gasteiger partial charge < -0.3 is 4.74 Å². The minimum atomic E-state index is 0.153. The Hall–Kier alpha value is -2.15. The lowest BCUT2D eigenvalue weighted by molar-refractivity contribution is -0.610. The van der Waals surface area contributed by atoms with Gasteiger partial charge in [0, 0.05) is 16.5 Å². The van der Waals surface area contributed by atoms with Crippen LogP contribution in [0.2, 0.25) is 5.02 Å². The number of methoxy groups -OCH3 is 1. The number of aromatic amines is 1. The largest absolute Gasteiger partial charge is 0.496 e. The molecular weight excluding hydrogens is 506 g/mol. The van der Waals surface area contributed by atoms with Gasteiger partial charge in [0.15, 0.2) is 5.52 Å². The molecule has 0 radical (unpaired) electrons. The SMILES string of the molecule is COc1cc[n+](-c2nc3cc4c(cc3[nH]2)C(C)(C)CCC4(C)C)c(CSSc2ccccc2Cl)c1C. The Bertz CT molecular complexity index is 1390. The maximum absolute atomic E-state index is 6.38. The van der Waals surface area contributed by atoms with Gasteiger partial charge in [0.1, 0.15) is 17.0 Å². The van der Waals surface area contributed by atoms with E-state index in [-0.39, 0.29) is 10.8 Å². The predicted octanol–water partition coefficient (Wildman–Crippen LogP) is 8.10. The zero-order valence-electron chi connectivity index (χ0n) is 21.7. The van der Waals surface area contributed by atoms with E-state index in [4.69, 9.17) is 21.3 Å². The molecule has 0 bridgehead atoms. The van der Waals surface area contributed by atoms with Crippen molar-refractivity contribution >= 4 is 44.2 Å². The molecule has 36 heavy (non-hydrogen) atoms. The fourth-order valence-corrected chi connectivity index (χ4v) is 7.76. The second kappa shape index (κ2) is 9.62. The molecule has 7 heteroatoms. The fraction of sp³-hybridized carbons (Fsp3) is 0.379. The van der Waals surface area contributed by atoms with Crippen LogP contribution in [0.3, 0.4) is 0 Å². The highest BCUT2D eigenvalue weighted by Gasteiger charge is 2.38. The van der Waals surface area contributed by atoms with Crippen molar-refractivity contribution in [2.75, 3.05) is 7.11 Å². The summed E-state index contributed by atoms with van der Waals surface area (Å²) in [7, 11) is 5.17. The quantitative estimate of drug-likeness (QED) is 0.199. The minimum absolute atomic E-state index is 0.153. The lowest BCUT2D eigenvalue weighted by Gasteiger charge is -2.41. The Labute approximate surface area is 226 Å². The number of imidazole rings is 1. The lowest BCUT2D eigenvalue weighted by Crippen LogP contribution is -2.37. The molecule has 0 fully saturated rings. The number of halogens is 1. The maximum Gasteiger partial charge on any atom is 0.402 e. The Morgan fingerprint density at radius 3 is 2.44 bits per heavy atom. The summed E-state index contributed by atoms with van der Waals surface area (Å²) in [5.74, 6) is 2.47. The summed E-state index contributed by atoms with van der Waals surface area (Å²) in [5, 5.41) is 0.775. The van der Waals surface area contributed by atoms with Crippen molar-refractivity contribution in [1.29, 1.82) is 0 Å². The van der Waals surface area contributed by atoms with Crippen LogP contribution in [0.25, 0.3) is 17.0 Å². The van der Waals surface area contributed by atoms with Gasteiger partial charge in [-0.1, -0.05) is 78.0 Å². The van der Waals surface area contributed by atoms with Crippen molar-refractivity contribution in [3.63, 3.8) is 0 Å². The van der Waals surface area contributed by atoms with Crippen molar-refractivity contribution in [3.8, 4) is 11.7 Å². The first-order valence-electron chi connectivity index (χ1n) is 12.3. The average molecular weight is 539 g/mol. The van der Waals surface area contributed by atoms with Crippen LogP contribution in [0.1, 0.15) is 62.9 Å². The number of hydrogen-bond acceptors (Lipinski definition) is 4. The number of rotatable bonds is 6. The molecule has 4 nitrogen and oxygen atoms in total. The number of ether oxygens (including phenoxy) is 1. The van der Waals surface area contributed by atoms with Gasteiger partial charge in [-0.25, -0.2) is 9.55 Å². The minimum Gasteiger partial charge on any atom is -0.496 e. The van der Waals surface area contributed by atoms with Crippen LogP contribution < -0.4 is 9.30 Å². The molecule has 0 spiro atoms. The van der Waals surface area contributed by atoms with E-state index in [1.807, 2.05) is 30.5 Å². The number of aromatic nitrogens is 3. The van der Waals surface area contributed by atoms with Gasteiger partial charge in [-0.15, -0.1) is 0 Å². The number of benzene rings is 2. The van der Waals surface area contributed by atoms with E-state index in [1.165, 1.54) is 24.0 Å². The van der Waals surface area contributed by atoms with Gasteiger partial charge in [0.25, 0.3) is 0 Å². The van der Waals surface area contributed by atoms with Crippen molar-refractivity contribution < 1.29 is 9.30 Å². The van der Waals surface area contributed by atoms with Gasteiger partial charge in [-0.05, 0) is 66.0 Å². The first-order chi connectivity index (χ1) is 17.1. The Balaban J connectivity index is 1.55. The zero-order valence-corrected chi connectivity index (χ0v) is 24.1. The summed E-state index contributed by atoms with van der Waals surface area (Å²) >= 11 is 6.38. The fourth-order valence-electron chi connectivity index (χ4n) is 5.11. The van der Waals surface area contributed by atoms with E-state index >= 15 is 0 Å². The van der Waals surface area contributed by atoms with Crippen LogP contribution in [0.5, 0.6) is 5.75 Å². The van der Waals surface area contributed by atoms with Crippen LogP contribution in [0, 0.1) is 6.92 Å². The average Bonchev–Trinajstić information content (AvgIpc) is 3.26. The van der Waals surface area contributed by atoms with Crippen molar-refractivity contribution in [3.05, 3.63) is 76.1 Å². The zero-order chi connectivity index (χ0) is 25.7. The van der Waals surface area contributed by atoms with Gasteiger partial charge in [-0.3, -0.25) is 0 Å². The van der Waals surface area contributed by atoms with Crippen molar-refractivity contribution in [1.82, 2.24) is 9.97 Å². The molecule has 1 aliphatic rings. The lowest BCUT2D eigenvalue weighted by atomic mass is 9.63. The Morgan fingerprint density at radius 1 is 1.06 bits per heavy atom. The number of nitrogens with zero attached hydrogens (tertiary/aromatic N) is 2. The number of pyridine rings is 1. The second-order valence-corrected chi connectivity index (χ2v) is 13.6. The molecule has 2 aromatic heterocycles. The molecule has 0 unspecified atom stereocenters. The third kappa shape index (κ3) is 4.64. The Kier molecular flexibility index (Phi) is 6.81. The third-order valence-electron chi connectivity index (χ3n) is 7.54. The summed E-state index contributed by atoms with van der Waals surface area (Å²) in [6.45, 7) is 11.5. The highest BCUT2D eigenvalue weighted by Crippen LogP contribution is 2.46. The predicted molar refractivity (Wildman–Crippen MR) is 153 cm³/mol. The van der Waals surface area contributed by atoms with Gasteiger partial charge in [0.2, 0.25) is 0 Å². The molecule has 0 saturated carbocycles. The summed E-state index contributed by atoms with van der Waals surface area (Å²) < 4.78 is 7.81. The molecule has 1 N–H and O–H groups in total. The number of nitrogens with one attached hydrogen (secondary N) is 1. The first kappa shape index (κ1) is 25.5. The molecule has 188 valence electrons. The van der Waals surface area contributed by atoms with Crippen molar-refractivity contribution in [2.24, 2.45) is 0 Å². The van der Waals surface area contributed by atoms with E-state index in [2.05, 4.69) is 62.4 Å². The molecule has 4 aromatic rings. The van der Waals surface area contributed by atoms with E-state index in [0.29, 0.717) is 0 Å². The standard InChI is InChI=1S/C29H33ClN3OS2/c1-18-24(17-35-36-26-10-8-7-9-21(26)30)33(14-11-25(18)34-6)27-31-22-15-19-20(16-23(22)32-27)29(4,5)13-12-28(19,2)3/h7-11,14-16H,12-13,17H2,1-6H3,(H,31,32)/q+1. The van der Waals surface area contributed by atoms with E-state index < -0.39 is 0 Å². The molecule has 0 amide bonds. The highest BCUT2D eigenvalue weighted by atomic mass is 35.5. The molecule has 0 atom stereocenters. The van der Waals surface area contributed by atoms with Crippen LogP contribution in [0.15, 0.2) is 53.6 Å². The van der Waals surface area contributed by atoms with Gasteiger partial charge >= 0.3 is 5.95 Å². The maximum atomic E-state index is 6.38. The molecule has 0 saturated heterocycles. The Morgan fingerprint density at radius 2 is 1.75 bits per heavy atom. The summed E-state index contributed by atoms with van der Waals surface area (Å²) in [4.78, 5) is 9.76. The number of hydrogen-bond donors (Lipinski definition) is 1. The topological polar surface area (TPSA) is 41.8 Å². The normalized spacial score (nSPS) is 16.2. The highest BCUT2D eigenvalue weighted by molar-refractivity contribution is 8.76. The van der Waals surface area contributed by atoms with E-state index in [1.54, 1.807) is 28.7 Å². The van der Waals surface area contributed by atoms with Gasteiger partial charge in [0.05, 0.1) is 24.1 Å². The molecule has 2 heterocycles. The summed E-state index contributed by atoms with van der Waals surface area (Å²) in [6.07, 6.45) is 4.43. The molecule has 0 aliphatic heterocycles. The van der Waals surface area contributed by atoms with Crippen molar-refractivity contribution in [2.45, 2.75) is 68.9 Å². The van der Waals surface area contributed by atoms with Crippen LogP contribution >= 0.6 is 33.2 Å².